The second-order valence-corrected chi connectivity index (χ2v) is 32.7. The lowest BCUT2D eigenvalue weighted by molar-refractivity contribution is -0.358. The number of alkyl carbamates (subject to hydrolysis) is 5. The fourth-order valence-electron chi connectivity index (χ4n) is 12.5. The smallest absolute Gasteiger partial charge is 0.407 e. The molecule has 5 aliphatic rings. The van der Waals surface area contributed by atoms with Gasteiger partial charge in [0.1, 0.15) is 118 Å². The number of hydrogen-bond donors (Lipinski definition) is 10. The first-order valence-electron chi connectivity index (χ1n) is 35.2. The normalized spacial score (nSPS) is 29.4. The van der Waals surface area contributed by atoms with Gasteiger partial charge in [-0.05, 0) is 52.4 Å². The molecule has 106 heavy (non-hydrogen) atoms. The highest BCUT2D eigenvalue weighted by Crippen LogP contribution is 2.41. The van der Waals surface area contributed by atoms with Crippen LogP contribution in [0.1, 0.15) is 66.9 Å². The molecule has 1 aliphatic carbocycles. The van der Waals surface area contributed by atoms with Crippen molar-refractivity contribution in [1.29, 1.82) is 0 Å². The molecule has 4 aliphatic heterocycles. The Labute approximate surface area is 614 Å². The zero-order valence-corrected chi connectivity index (χ0v) is 60.2. The minimum absolute atomic E-state index is 0.113. The Bertz CT molecular complexity index is 3750. The number of nitrogens with one attached hydrogen (secondary N) is 5. The Balaban J connectivity index is 0.941. The lowest BCUT2D eigenvalue weighted by atomic mass is 9.83. The number of carbonyl (C=O) groups excluding carboxylic acids is 5. The summed E-state index contributed by atoms with van der Waals surface area (Å²) in [5.74, 6) is 0. The second kappa shape index (κ2) is 36.8. The van der Waals surface area contributed by atoms with E-state index in [1.54, 1.807) is 176 Å². The van der Waals surface area contributed by atoms with Gasteiger partial charge in [-0.2, -0.15) is 0 Å². The van der Waals surface area contributed by atoms with Crippen molar-refractivity contribution >= 4 is 38.8 Å². The number of rotatable bonds is 26. The predicted octanol–water partition coefficient (Wildman–Crippen LogP) is 6.77. The number of ether oxygens (including phenoxy) is 13. The molecule has 570 valence electrons. The van der Waals surface area contributed by atoms with Crippen LogP contribution in [-0.2, 0) is 99.0 Å². The minimum atomic E-state index is -2.77. The number of amides is 5. The fourth-order valence-corrected chi connectivity index (χ4v) is 13.5. The molecule has 6 aromatic carbocycles. The summed E-state index contributed by atoms with van der Waals surface area (Å²) in [4.78, 5) is 69.6. The fraction of sp³-hybridized carbons (Fsp3) is 0.461. The van der Waals surface area contributed by atoms with E-state index in [4.69, 9.17) is 66.0 Å². The van der Waals surface area contributed by atoms with E-state index in [2.05, 4.69) is 26.6 Å². The average molecular weight is 1490 g/mol. The molecule has 4 heterocycles. The molecule has 1 unspecified atom stereocenters. The second-order valence-electron chi connectivity index (χ2n) is 27.9. The van der Waals surface area contributed by atoms with Crippen molar-refractivity contribution in [2.45, 2.75) is 201 Å². The van der Waals surface area contributed by atoms with Crippen LogP contribution in [0, 0.1) is 0 Å². The van der Waals surface area contributed by atoms with Crippen LogP contribution < -0.4 is 26.6 Å². The van der Waals surface area contributed by atoms with Crippen molar-refractivity contribution in [3.8, 4) is 0 Å². The van der Waals surface area contributed by atoms with Gasteiger partial charge >= 0.3 is 30.5 Å². The van der Waals surface area contributed by atoms with Gasteiger partial charge in [0.2, 0.25) is 0 Å². The molecule has 29 nitrogen and oxygen atoms in total. The molecular weight excluding hydrogens is 1390 g/mol. The van der Waals surface area contributed by atoms with Gasteiger partial charge in [0.05, 0.1) is 25.3 Å². The average Bonchev–Trinajstić information content (AvgIpc) is 1.04. The van der Waals surface area contributed by atoms with Crippen LogP contribution in [0.4, 0.5) is 24.0 Å². The Hall–Kier alpha value is -8.67. The molecule has 0 radical (unpaired) electrons. The molecule has 11 rings (SSSR count). The maximum atomic E-state index is 14.4. The van der Waals surface area contributed by atoms with Gasteiger partial charge in [0.15, 0.2) is 33.5 Å². The molecule has 5 fully saturated rings. The zero-order chi connectivity index (χ0) is 74.9. The van der Waals surface area contributed by atoms with Crippen LogP contribution >= 0.6 is 0 Å². The molecule has 0 aromatic heterocycles. The number of aliphatic hydroxyl groups excluding tert-OH is 5. The maximum Gasteiger partial charge on any atom is 0.407 e. The lowest BCUT2D eigenvalue weighted by Crippen LogP contribution is -2.71. The highest BCUT2D eigenvalue weighted by Gasteiger charge is 2.58. The van der Waals surface area contributed by atoms with Crippen LogP contribution in [0.2, 0.25) is 18.1 Å². The van der Waals surface area contributed by atoms with Crippen LogP contribution in [-0.4, -0.2) is 200 Å². The summed E-state index contributed by atoms with van der Waals surface area (Å²) in [6.07, 6.45) is -31.8. The van der Waals surface area contributed by atoms with Crippen LogP contribution in [0.15, 0.2) is 182 Å². The largest absolute Gasteiger partial charge is 0.445 e. The van der Waals surface area contributed by atoms with E-state index >= 15 is 0 Å². The van der Waals surface area contributed by atoms with E-state index in [9.17, 15) is 49.5 Å². The van der Waals surface area contributed by atoms with Gasteiger partial charge in [0.25, 0.3) is 0 Å². The molecule has 5 amide bonds. The molecule has 10 N–H and O–H groups in total. The summed E-state index contributed by atoms with van der Waals surface area (Å²) < 4.78 is 87.9. The molecular formula is C76H93N5O24Si. The number of benzene rings is 6. The van der Waals surface area contributed by atoms with Gasteiger partial charge in [-0.15, -0.1) is 0 Å². The van der Waals surface area contributed by atoms with Gasteiger partial charge < -0.3 is 118 Å². The molecule has 1 saturated carbocycles. The van der Waals surface area contributed by atoms with Crippen molar-refractivity contribution < 1.29 is 116 Å². The van der Waals surface area contributed by atoms with Crippen molar-refractivity contribution in [1.82, 2.24) is 26.6 Å². The molecule has 0 spiro atoms. The topological polar surface area (TPSA) is 376 Å². The molecule has 4 saturated heterocycles. The third-order valence-corrected chi connectivity index (χ3v) is 23.9. The summed E-state index contributed by atoms with van der Waals surface area (Å²) in [5, 5.41) is 75.6. The summed E-state index contributed by atoms with van der Waals surface area (Å²) in [7, 11) is -2.77. The summed E-state index contributed by atoms with van der Waals surface area (Å²) in [6, 6.07) is 46.7. The van der Waals surface area contributed by atoms with Crippen molar-refractivity contribution in [3.05, 3.63) is 215 Å². The van der Waals surface area contributed by atoms with Crippen LogP contribution in [0.3, 0.4) is 0 Å². The first-order chi connectivity index (χ1) is 51.0. The zero-order valence-electron chi connectivity index (χ0n) is 59.2. The van der Waals surface area contributed by atoms with Crippen molar-refractivity contribution in [2.75, 3.05) is 19.8 Å². The van der Waals surface area contributed by atoms with Crippen molar-refractivity contribution in [2.24, 2.45) is 0 Å². The predicted molar refractivity (Wildman–Crippen MR) is 377 cm³/mol. The Morgan fingerprint density at radius 2 is 0.840 bits per heavy atom. The van der Waals surface area contributed by atoms with E-state index in [-0.39, 0.29) is 52.7 Å². The standard InChI is InChI=1S/C76H93N5O24Si/c1-76(2,3)106(4,5)98-44-55-65(104-68-56(80-74(90)96-41-48-30-18-9-19-31-48)60(84)59(83)53(99-68)37-77-71(87)93-38-45-24-12-6-13-25-45)62(86)70(101-55)105-66-58(82)51(78-72(88)94-39-46-26-14-7-15-27-46)36-52(79-73(89)95-40-47-28-16-8-17-29-47)63(66)102-69-57(81-75(91)97-42-49-32-20-10-21-33-49)61(85)64-54(100-69)43-92-67(103-64)50-34-22-11-23-35-50/h6-35,51-70,82-86H,36-44H2,1-5H3,(H,77,87)(H,78,88)(H,79,89)(H,80,90)(H,81,91)/t51-,52+,53+,54-,55-,56-,57-,58+,59-,60-,61-,62-,63-,64-,65-,66-,67?,68-,69-,70+/m1/s1. The monoisotopic (exact) mass is 1490 g/mol. The summed E-state index contributed by atoms with van der Waals surface area (Å²) in [5.41, 5.74) is 3.78. The van der Waals surface area contributed by atoms with Gasteiger partial charge in [-0.3, -0.25) is 0 Å². The SMILES string of the molecule is CC(C)(C)[Si](C)(C)OC[C@H]1O[C@@H](O[C@@H]2[C@@H](O)[C@H](NC(=O)OCc3ccccc3)C[C@H](NC(=O)OCc3ccccc3)[C@H]2O[C@H]2O[C@@H]3COC(c4ccccc4)O[C@H]3[C@H](O)[C@H]2NC(=O)OCc2ccccc2)[C@H](O)[C@@H]1O[C@H]1O[C@@H](CNC(=O)OCc2ccccc2)[C@@H](O)[C@H](O)[C@H]1NC(=O)OCc1ccccc1. The first kappa shape index (κ1) is 78.4. The van der Waals surface area contributed by atoms with Crippen LogP contribution in [0.5, 0.6) is 0 Å². The number of aliphatic hydroxyl groups is 5. The molecule has 0 bridgehead atoms. The van der Waals surface area contributed by atoms with E-state index in [0.717, 1.165) is 0 Å². The van der Waals surface area contributed by atoms with E-state index < -0.39 is 173 Å². The lowest BCUT2D eigenvalue weighted by Gasteiger charge is -2.50. The van der Waals surface area contributed by atoms with E-state index in [1.807, 2.05) is 39.9 Å². The van der Waals surface area contributed by atoms with Crippen molar-refractivity contribution in [3.63, 3.8) is 0 Å². The first-order valence-corrected chi connectivity index (χ1v) is 38.1. The molecule has 20 atom stereocenters. The van der Waals surface area contributed by atoms with Gasteiger partial charge in [0, 0.05) is 12.1 Å². The third kappa shape index (κ3) is 20.9. The van der Waals surface area contributed by atoms with Crippen LogP contribution in [0.25, 0.3) is 0 Å². The van der Waals surface area contributed by atoms with Gasteiger partial charge in [-0.1, -0.05) is 203 Å². The summed E-state index contributed by atoms with van der Waals surface area (Å²) >= 11 is 0. The maximum absolute atomic E-state index is 14.4. The number of hydrogen-bond acceptors (Lipinski definition) is 24. The van der Waals surface area contributed by atoms with E-state index in [1.165, 1.54) is 0 Å². The molecule has 6 aromatic rings. The quantitative estimate of drug-likeness (QED) is 0.0198. The Morgan fingerprint density at radius 1 is 0.434 bits per heavy atom. The number of carbonyl (C=O) groups is 5. The third-order valence-electron chi connectivity index (χ3n) is 19.4. The highest BCUT2D eigenvalue weighted by molar-refractivity contribution is 6.74. The minimum Gasteiger partial charge on any atom is -0.445 e. The molecule has 30 heteroatoms. The number of fused-ring (bicyclic) bond motifs is 1. The van der Waals surface area contributed by atoms with E-state index in [0.29, 0.717) is 33.4 Å². The Morgan fingerprint density at radius 3 is 1.32 bits per heavy atom. The highest BCUT2D eigenvalue weighted by atomic mass is 28.4. The summed E-state index contributed by atoms with van der Waals surface area (Å²) in [6.45, 7) is 7.95. The van der Waals surface area contributed by atoms with Gasteiger partial charge in [-0.25, -0.2) is 24.0 Å². The Kier molecular flexibility index (Phi) is 27.2.